The van der Waals surface area contributed by atoms with Crippen LogP contribution in [0.15, 0.2) is 30.5 Å². The second kappa shape index (κ2) is 5.05. The molecule has 1 aromatic carbocycles. The van der Waals surface area contributed by atoms with Crippen LogP contribution in [0.4, 0.5) is 13.2 Å². The molecule has 0 unspecified atom stereocenters. The Kier molecular flexibility index (Phi) is 3.61. The molecule has 0 saturated heterocycles. The van der Waals surface area contributed by atoms with Crippen LogP contribution in [-0.4, -0.2) is 14.7 Å². The third-order valence-electron chi connectivity index (χ3n) is 2.80. The summed E-state index contributed by atoms with van der Waals surface area (Å²) >= 11 is 0. The van der Waals surface area contributed by atoms with Crippen LogP contribution in [0.5, 0.6) is 0 Å². The molecule has 0 amide bonds. The van der Waals surface area contributed by atoms with Crippen LogP contribution in [0.1, 0.15) is 18.2 Å². The largest absolute Gasteiger partial charge is 0.434 e. The van der Waals surface area contributed by atoms with Gasteiger partial charge in [0.2, 0.25) is 0 Å². The van der Waals surface area contributed by atoms with E-state index in [1.807, 2.05) is 0 Å². The predicted molar refractivity (Wildman–Crippen MR) is 64.3 cm³/mol. The van der Waals surface area contributed by atoms with Crippen LogP contribution in [0.2, 0.25) is 0 Å². The lowest BCUT2D eigenvalue weighted by molar-refractivity contribution is -0.140. The zero-order chi connectivity index (χ0) is 14.0. The summed E-state index contributed by atoms with van der Waals surface area (Å²) < 4.78 is 39.4. The Morgan fingerprint density at radius 1 is 1.21 bits per heavy atom. The van der Waals surface area contributed by atoms with E-state index >= 15 is 0 Å². The van der Waals surface area contributed by atoms with E-state index in [1.54, 1.807) is 31.2 Å². The van der Waals surface area contributed by atoms with Gasteiger partial charge < -0.3 is 9.67 Å². The fraction of sp³-hybridized carbons (Fsp3) is 0.308. The lowest BCUT2D eigenvalue weighted by atomic mass is 10.1. The van der Waals surface area contributed by atoms with Crippen molar-refractivity contribution in [1.82, 2.24) is 9.55 Å². The summed E-state index contributed by atoms with van der Waals surface area (Å²) in [5.41, 5.74) is 0.402. The molecule has 0 bridgehead atoms. The van der Waals surface area contributed by atoms with Gasteiger partial charge in [-0.15, -0.1) is 0 Å². The number of nitrogens with zero attached hydrogens (tertiary/aromatic N) is 2. The van der Waals surface area contributed by atoms with Crippen molar-refractivity contribution in [2.75, 3.05) is 0 Å². The molecule has 1 heterocycles. The average molecular weight is 270 g/mol. The summed E-state index contributed by atoms with van der Waals surface area (Å²) in [5.74, 6) is 0.277. The van der Waals surface area contributed by atoms with Crippen molar-refractivity contribution in [3.05, 3.63) is 41.7 Å². The van der Waals surface area contributed by atoms with Gasteiger partial charge in [0.1, 0.15) is 5.82 Å². The highest BCUT2D eigenvalue weighted by Gasteiger charge is 2.34. The van der Waals surface area contributed by atoms with Gasteiger partial charge in [-0.25, -0.2) is 4.98 Å². The van der Waals surface area contributed by atoms with Gasteiger partial charge in [0, 0.05) is 18.3 Å². The number of aryl methyl sites for hydroxylation is 1. The number of aliphatic hydroxyl groups excluding tert-OH is 1. The number of hydrogen-bond donors (Lipinski definition) is 1. The van der Waals surface area contributed by atoms with E-state index < -0.39 is 11.9 Å². The second-order valence-electron chi connectivity index (χ2n) is 4.09. The summed E-state index contributed by atoms with van der Waals surface area (Å²) in [6, 6.07) is 6.63. The average Bonchev–Trinajstić information content (AvgIpc) is 2.83. The summed E-state index contributed by atoms with van der Waals surface area (Å²) in [6.45, 7) is 2.06. The first-order chi connectivity index (χ1) is 8.95. The summed E-state index contributed by atoms with van der Waals surface area (Å²) in [6.07, 6.45) is -3.44. The number of alkyl halides is 3. The minimum Gasteiger partial charge on any atom is -0.392 e. The first kappa shape index (κ1) is 13.6. The van der Waals surface area contributed by atoms with Gasteiger partial charge in [-0.2, -0.15) is 13.2 Å². The molecule has 0 saturated carbocycles. The van der Waals surface area contributed by atoms with Crippen molar-refractivity contribution in [3.8, 4) is 11.4 Å². The van der Waals surface area contributed by atoms with Gasteiger partial charge in [0.05, 0.1) is 6.61 Å². The van der Waals surface area contributed by atoms with Crippen LogP contribution in [0.3, 0.4) is 0 Å². The van der Waals surface area contributed by atoms with E-state index in [4.69, 9.17) is 5.11 Å². The number of hydrogen-bond acceptors (Lipinski definition) is 2. The quantitative estimate of drug-likeness (QED) is 0.930. The second-order valence-corrected chi connectivity index (χ2v) is 4.09. The van der Waals surface area contributed by atoms with Gasteiger partial charge in [-0.05, 0) is 12.5 Å². The Morgan fingerprint density at radius 2 is 1.84 bits per heavy atom. The molecule has 3 nitrogen and oxygen atoms in total. The van der Waals surface area contributed by atoms with E-state index in [-0.39, 0.29) is 12.4 Å². The fourth-order valence-electron chi connectivity index (χ4n) is 1.78. The standard InChI is InChI=1S/C13H13F3N2O/c1-2-18-7-11(13(14,15)16)17-12(18)10-5-3-9(8-19)4-6-10/h3-7,19H,2,8H2,1H3. The maximum absolute atomic E-state index is 12.6. The van der Waals surface area contributed by atoms with Crippen LogP contribution >= 0.6 is 0 Å². The summed E-state index contributed by atoms with van der Waals surface area (Å²) in [7, 11) is 0. The molecule has 0 aliphatic heterocycles. The molecule has 19 heavy (non-hydrogen) atoms. The Hall–Kier alpha value is -1.82. The monoisotopic (exact) mass is 270 g/mol. The van der Waals surface area contributed by atoms with E-state index in [0.29, 0.717) is 17.7 Å². The lowest BCUT2D eigenvalue weighted by Gasteiger charge is -2.04. The Labute approximate surface area is 108 Å². The number of imidazole rings is 1. The molecular formula is C13H13F3N2O. The summed E-state index contributed by atoms with van der Waals surface area (Å²) in [4.78, 5) is 3.65. The van der Waals surface area contributed by atoms with Gasteiger partial charge >= 0.3 is 6.18 Å². The SMILES string of the molecule is CCn1cc(C(F)(F)F)nc1-c1ccc(CO)cc1. The zero-order valence-corrected chi connectivity index (χ0v) is 10.3. The molecule has 0 fully saturated rings. The molecule has 0 spiro atoms. The molecule has 2 aromatic rings. The van der Waals surface area contributed by atoms with Crippen LogP contribution in [-0.2, 0) is 19.3 Å². The topological polar surface area (TPSA) is 38.0 Å². The highest BCUT2D eigenvalue weighted by atomic mass is 19.4. The molecule has 1 N–H and O–H groups in total. The fourth-order valence-corrected chi connectivity index (χ4v) is 1.78. The van der Waals surface area contributed by atoms with Gasteiger partial charge in [0.15, 0.2) is 5.69 Å². The molecule has 2 rings (SSSR count). The van der Waals surface area contributed by atoms with E-state index in [9.17, 15) is 13.2 Å². The van der Waals surface area contributed by atoms with Crippen molar-refractivity contribution < 1.29 is 18.3 Å². The number of aromatic nitrogens is 2. The Morgan fingerprint density at radius 3 is 2.32 bits per heavy atom. The minimum atomic E-state index is -4.44. The molecule has 102 valence electrons. The summed E-state index contributed by atoms with van der Waals surface area (Å²) in [5, 5.41) is 8.94. The molecule has 1 aromatic heterocycles. The van der Waals surface area contributed by atoms with E-state index in [2.05, 4.69) is 4.98 Å². The van der Waals surface area contributed by atoms with Gasteiger partial charge in [-0.3, -0.25) is 0 Å². The minimum absolute atomic E-state index is 0.101. The van der Waals surface area contributed by atoms with Crippen LogP contribution < -0.4 is 0 Å². The predicted octanol–water partition coefficient (Wildman–Crippen LogP) is 3.08. The maximum Gasteiger partial charge on any atom is 0.434 e. The number of benzene rings is 1. The Bertz CT molecular complexity index is 558. The highest BCUT2D eigenvalue weighted by molar-refractivity contribution is 5.56. The molecule has 0 aliphatic carbocycles. The van der Waals surface area contributed by atoms with Gasteiger partial charge in [-0.1, -0.05) is 24.3 Å². The van der Waals surface area contributed by atoms with Crippen LogP contribution in [0, 0.1) is 0 Å². The molecular weight excluding hydrogens is 257 g/mol. The Balaban J connectivity index is 2.45. The van der Waals surface area contributed by atoms with Crippen molar-refractivity contribution in [3.63, 3.8) is 0 Å². The normalized spacial score (nSPS) is 11.8. The first-order valence-corrected chi connectivity index (χ1v) is 5.80. The zero-order valence-electron chi connectivity index (χ0n) is 10.3. The first-order valence-electron chi connectivity index (χ1n) is 5.80. The third-order valence-corrected chi connectivity index (χ3v) is 2.80. The molecule has 6 heteroatoms. The number of rotatable bonds is 3. The van der Waals surface area contributed by atoms with Crippen molar-refractivity contribution in [2.24, 2.45) is 0 Å². The number of aliphatic hydroxyl groups is 1. The highest BCUT2D eigenvalue weighted by Crippen LogP contribution is 2.31. The number of halogens is 3. The third kappa shape index (κ3) is 2.78. The van der Waals surface area contributed by atoms with E-state index in [0.717, 1.165) is 6.20 Å². The maximum atomic E-state index is 12.6. The van der Waals surface area contributed by atoms with Crippen molar-refractivity contribution in [1.29, 1.82) is 0 Å². The van der Waals surface area contributed by atoms with Crippen molar-refractivity contribution in [2.45, 2.75) is 26.3 Å². The van der Waals surface area contributed by atoms with Crippen molar-refractivity contribution >= 4 is 0 Å². The lowest BCUT2D eigenvalue weighted by Crippen LogP contribution is -2.05. The van der Waals surface area contributed by atoms with Crippen LogP contribution in [0.25, 0.3) is 11.4 Å². The molecule has 0 atom stereocenters. The molecule has 0 aliphatic rings. The van der Waals surface area contributed by atoms with Gasteiger partial charge in [0.25, 0.3) is 0 Å². The van der Waals surface area contributed by atoms with E-state index in [1.165, 1.54) is 4.57 Å². The smallest absolute Gasteiger partial charge is 0.392 e. The molecule has 0 radical (unpaired) electrons.